The first-order valence-electron chi connectivity index (χ1n) is 6.38. The maximum atomic E-state index is 12.0. The second kappa shape index (κ2) is 3.85. The van der Waals surface area contributed by atoms with E-state index in [0.29, 0.717) is 6.61 Å². The Labute approximate surface area is 110 Å². The van der Waals surface area contributed by atoms with E-state index in [9.17, 15) is 4.79 Å². The van der Waals surface area contributed by atoms with Crippen LogP contribution in [-0.2, 0) is 16.0 Å². The number of carbonyl (C=O) groups is 1. The lowest BCUT2D eigenvalue weighted by Gasteiger charge is -2.19. The number of benzene rings is 1. The average Bonchev–Trinajstić information content (AvgIpc) is 3.05. The van der Waals surface area contributed by atoms with Gasteiger partial charge < -0.3 is 9.15 Å². The molecule has 94 valence electrons. The maximum Gasteiger partial charge on any atom is 0.335 e. The van der Waals surface area contributed by atoms with E-state index in [0.717, 1.165) is 34.5 Å². The number of hydrogen-bond acceptors (Lipinski definition) is 3. The molecule has 1 aromatic heterocycles. The third-order valence-corrected chi connectivity index (χ3v) is 3.82. The van der Waals surface area contributed by atoms with Crippen molar-refractivity contribution in [1.82, 2.24) is 0 Å². The van der Waals surface area contributed by atoms with E-state index in [2.05, 4.69) is 0 Å². The Hall–Kier alpha value is -2.29. The standard InChI is InChI=1S/C16H12O3/c17-16-15-11(9-19-16)8-13-12(6-7-18-13)14(15)10-4-2-1-3-5-10/h1-7,11H,8-9H2. The van der Waals surface area contributed by atoms with Gasteiger partial charge >= 0.3 is 5.97 Å². The van der Waals surface area contributed by atoms with Gasteiger partial charge in [0, 0.05) is 23.5 Å². The molecule has 1 fully saturated rings. The molecule has 1 atom stereocenters. The first-order valence-corrected chi connectivity index (χ1v) is 6.38. The number of hydrogen-bond donors (Lipinski definition) is 0. The zero-order valence-corrected chi connectivity index (χ0v) is 10.3. The Morgan fingerprint density at radius 1 is 1.11 bits per heavy atom. The van der Waals surface area contributed by atoms with Gasteiger partial charge in [-0.05, 0) is 11.6 Å². The van der Waals surface area contributed by atoms with E-state index < -0.39 is 0 Å². The largest absolute Gasteiger partial charge is 0.469 e. The molecule has 19 heavy (non-hydrogen) atoms. The molecule has 2 aliphatic rings. The molecule has 2 aromatic rings. The molecule has 0 N–H and O–H groups in total. The van der Waals surface area contributed by atoms with Gasteiger partial charge in [0.15, 0.2) is 0 Å². The SMILES string of the molecule is O=C1OCC2Cc3occc3C(c3ccccc3)=C12. The summed E-state index contributed by atoms with van der Waals surface area (Å²) in [5.41, 5.74) is 3.85. The van der Waals surface area contributed by atoms with Crippen LogP contribution < -0.4 is 0 Å². The maximum absolute atomic E-state index is 12.0. The van der Waals surface area contributed by atoms with Gasteiger partial charge in [0.2, 0.25) is 0 Å². The molecule has 1 aromatic carbocycles. The number of furan rings is 1. The molecule has 0 radical (unpaired) electrons. The second-order valence-electron chi connectivity index (χ2n) is 4.91. The lowest BCUT2D eigenvalue weighted by Crippen LogP contribution is -2.15. The summed E-state index contributed by atoms with van der Waals surface area (Å²) in [6.45, 7) is 0.463. The molecule has 0 saturated carbocycles. The van der Waals surface area contributed by atoms with Crippen LogP contribution in [0, 0.1) is 5.92 Å². The van der Waals surface area contributed by atoms with Crippen LogP contribution in [0.3, 0.4) is 0 Å². The summed E-state index contributed by atoms with van der Waals surface area (Å²) in [6, 6.07) is 11.9. The van der Waals surface area contributed by atoms with Crippen LogP contribution in [0.2, 0.25) is 0 Å². The van der Waals surface area contributed by atoms with Gasteiger partial charge in [-0.1, -0.05) is 30.3 Å². The minimum Gasteiger partial charge on any atom is -0.469 e. The van der Waals surface area contributed by atoms with Gasteiger partial charge in [-0.25, -0.2) is 4.79 Å². The summed E-state index contributed by atoms with van der Waals surface area (Å²) in [5.74, 6) is 0.892. The van der Waals surface area contributed by atoms with Crippen molar-refractivity contribution in [2.75, 3.05) is 6.61 Å². The third kappa shape index (κ3) is 1.48. The lowest BCUT2D eigenvalue weighted by molar-refractivity contribution is -0.135. The molecular formula is C16H12O3. The number of fused-ring (bicyclic) bond motifs is 2. The van der Waals surface area contributed by atoms with E-state index >= 15 is 0 Å². The van der Waals surface area contributed by atoms with Crippen LogP contribution in [0.5, 0.6) is 0 Å². The minimum absolute atomic E-state index is 0.126. The summed E-state index contributed by atoms with van der Waals surface area (Å²) >= 11 is 0. The Morgan fingerprint density at radius 3 is 2.79 bits per heavy atom. The second-order valence-corrected chi connectivity index (χ2v) is 4.91. The van der Waals surface area contributed by atoms with Crippen LogP contribution in [-0.4, -0.2) is 12.6 Å². The summed E-state index contributed by atoms with van der Waals surface area (Å²) in [5, 5.41) is 0. The van der Waals surface area contributed by atoms with Crippen LogP contribution >= 0.6 is 0 Å². The van der Waals surface area contributed by atoms with Gasteiger partial charge in [0.05, 0.1) is 18.4 Å². The van der Waals surface area contributed by atoms with Crippen LogP contribution in [0.25, 0.3) is 5.57 Å². The quantitative estimate of drug-likeness (QED) is 0.733. The van der Waals surface area contributed by atoms with Crippen molar-refractivity contribution in [3.8, 4) is 0 Å². The lowest BCUT2D eigenvalue weighted by atomic mass is 9.81. The molecule has 0 spiro atoms. The van der Waals surface area contributed by atoms with Crippen molar-refractivity contribution in [2.24, 2.45) is 5.92 Å². The Morgan fingerprint density at radius 2 is 1.95 bits per heavy atom. The highest BCUT2D eigenvalue weighted by Crippen LogP contribution is 2.42. The number of rotatable bonds is 1. The van der Waals surface area contributed by atoms with E-state index in [4.69, 9.17) is 9.15 Å². The fourth-order valence-electron chi connectivity index (χ4n) is 2.98. The Balaban J connectivity index is 2.01. The predicted molar refractivity (Wildman–Crippen MR) is 69.3 cm³/mol. The highest BCUT2D eigenvalue weighted by molar-refractivity contribution is 6.04. The Kier molecular flexibility index (Phi) is 2.15. The van der Waals surface area contributed by atoms with Gasteiger partial charge in [0.1, 0.15) is 5.76 Å². The van der Waals surface area contributed by atoms with Crippen molar-refractivity contribution in [1.29, 1.82) is 0 Å². The minimum atomic E-state index is -0.185. The Bertz CT molecular complexity index is 679. The molecule has 3 nitrogen and oxygen atoms in total. The molecule has 2 heterocycles. The zero-order valence-electron chi connectivity index (χ0n) is 10.3. The first-order chi connectivity index (χ1) is 9.34. The summed E-state index contributed by atoms with van der Waals surface area (Å²) in [6.07, 6.45) is 2.44. The van der Waals surface area contributed by atoms with Crippen LogP contribution in [0.1, 0.15) is 16.9 Å². The fraction of sp³-hybridized carbons (Fsp3) is 0.188. The highest BCUT2D eigenvalue weighted by atomic mass is 16.5. The summed E-state index contributed by atoms with van der Waals surface area (Å²) < 4.78 is 10.8. The fourth-order valence-corrected chi connectivity index (χ4v) is 2.98. The van der Waals surface area contributed by atoms with Crippen molar-refractivity contribution in [3.05, 3.63) is 65.1 Å². The molecule has 1 aliphatic heterocycles. The molecule has 3 heteroatoms. The van der Waals surface area contributed by atoms with Crippen molar-refractivity contribution < 1.29 is 13.9 Å². The predicted octanol–water partition coefficient (Wildman–Crippen LogP) is 2.81. The molecule has 4 rings (SSSR count). The van der Waals surface area contributed by atoms with E-state index in [-0.39, 0.29) is 11.9 Å². The third-order valence-electron chi connectivity index (χ3n) is 3.82. The van der Waals surface area contributed by atoms with E-state index in [1.54, 1.807) is 6.26 Å². The van der Waals surface area contributed by atoms with Gasteiger partial charge in [0.25, 0.3) is 0 Å². The van der Waals surface area contributed by atoms with Gasteiger partial charge in [-0.15, -0.1) is 0 Å². The number of cyclic esters (lactones) is 1. The average molecular weight is 252 g/mol. The topological polar surface area (TPSA) is 39.4 Å². The summed E-state index contributed by atoms with van der Waals surface area (Å²) in [7, 11) is 0. The van der Waals surface area contributed by atoms with Gasteiger partial charge in [-0.3, -0.25) is 0 Å². The van der Waals surface area contributed by atoms with E-state index in [1.807, 2.05) is 36.4 Å². The van der Waals surface area contributed by atoms with Gasteiger partial charge in [-0.2, -0.15) is 0 Å². The van der Waals surface area contributed by atoms with Crippen LogP contribution in [0.15, 0.2) is 52.7 Å². The number of ether oxygens (including phenoxy) is 1. The number of carbonyl (C=O) groups excluding carboxylic acids is 1. The molecule has 0 bridgehead atoms. The van der Waals surface area contributed by atoms with Crippen LogP contribution in [0.4, 0.5) is 0 Å². The molecule has 1 aliphatic carbocycles. The molecule has 0 amide bonds. The molecular weight excluding hydrogens is 240 g/mol. The van der Waals surface area contributed by atoms with Crippen molar-refractivity contribution >= 4 is 11.5 Å². The van der Waals surface area contributed by atoms with E-state index in [1.165, 1.54) is 0 Å². The normalized spacial score (nSPS) is 21.1. The first kappa shape index (κ1) is 10.6. The molecule has 1 saturated heterocycles. The zero-order chi connectivity index (χ0) is 12.8. The molecule has 1 unspecified atom stereocenters. The summed E-state index contributed by atoms with van der Waals surface area (Å²) in [4.78, 5) is 12.0. The van der Waals surface area contributed by atoms with Crippen molar-refractivity contribution in [2.45, 2.75) is 6.42 Å². The highest BCUT2D eigenvalue weighted by Gasteiger charge is 2.39. The smallest absolute Gasteiger partial charge is 0.335 e. The number of esters is 1. The monoisotopic (exact) mass is 252 g/mol. The van der Waals surface area contributed by atoms with Crippen molar-refractivity contribution in [3.63, 3.8) is 0 Å².